The van der Waals surface area contributed by atoms with Crippen LogP contribution in [-0.4, -0.2) is 59.1 Å². The van der Waals surface area contributed by atoms with E-state index in [4.69, 9.17) is 24.5 Å². The van der Waals surface area contributed by atoms with Crippen LogP contribution < -0.4 is 5.32 Å². The van der Waals surface area contributed by atoms with Crippen molar-refractivity contribution in [1.29, 1.82) is 0 Å². The monoisotopic (exact) mass is 622 g/mol. The van der Waals surface area contributed by atoms with Gasteiger partial charge in [0.2, 0.25) is 5.60 Å². The van der Waals surface area contributed by atoms with Crippen molar-refractivity contribution in [2.75, 3.05) is 14.2 Å². The SMILES string of the molecule is C=CC1=C(C)C2=NC1=CC1=NC(=CC3=C(C)C4=C(O)[C@@](O)(C(=O)OC)C(=C5NC(=C2)[C@@H](C)[C@@H]5CCC(=O)OC)C4=N3)C(CC)=C1C. The smallest absolute Gasteiger partial charge is 0.350 e. The maximum absolute atomic E-state index is 13.4. The molecule has 1 fully saturated rings. The van der Waals surface area contributed by atoms with Gasteiger partial charge in [-0.05, 0) is 74.1 Å². The lowest BCUT2D eigenvalue weighted by molar-refractivity contribution is -0.156. The van der Waals surface area contributed by atoms with Gasteiger partial charge in [-0.1, -0.05) is 26.5 Å². The largest absolute Gasteiger partial charge is 0.507 e. The predicted molar refractivity (Wildman–Crippen MR) is 176 cm³/mol. The van der Waals surface area contributed by atoms with E-state index in [1.165, 1.54) is 7.11 Å². The van der Waals surface area contributed by atoms with Crippen molar-refractivity contribution in [3.05, 3.63) is 104 Å². The summed E-state index contributed by atoms with van der Waals surface area (Å²) in [5.74, 6) is -2.57. The van der Waals surface area contributed by atoms with E-state index >= 15 is 0 Å². The van der Waals surface area contributed by atoms with Crippen molar-refractivity contribution in [2.45, 2.75) is 59.5 Å². The zero-order chi connectivity index (χ0) is 33.2. The quantitative estimate of drug-likeness (QED) is 0.341. The maximum Gasteiger partial charge on any atom is 0.350 e. The summed E-state index contributed by atoms with van der Waals surface area (Å²) in [6, 6.07) is 0. The lowest BCUT2D eigenvalue weighted by atomic mass is 9.83. The number of aliphatic hydroxyl groups excluding tert-OH is 1. The van der Waals surface area contributed by atoms with Crippen molar-refractivity contribution in [3.8, 4) is 0 Å². The van der Waals surface area contributed by atoms with Gasteiger partial charge in [0.15, 0.2) is 5.76 Å². The zero-order valence-corrected chi connectivity index (χ0v) is 27.2. The fourth-order valence-corrected chi connectivity index (χ4v) is 7.18. The Hall–Kier alpha value is -4.83. The summed E-state index contributed by atoms with van der Waals surface area (Å²) in [4.78, 5) is 40.6. The van der Waals surface area contributed by atoms with Crippen molar-refractivity contribution >= 4 is 29.1 Å². The Labute approximate surface area is 268 Å². The molecule has 0 saturated carbocycles. The molecule has 238 valence electrons. The molecule has 8 bridgehead atoms. The van der Waals surface area contributed by atoms with Gasteiger partial charge < -0.3 is 25.0 Å². The highest BCUT2D eigenvalue weighted by Crippen LogP contribution is 2.50. The number of carbonyl (C=O) groups is 2. The lowest BCUT2D eigenvalue weighted by Crippen LogP contribution is -2.44. The number of rotatable bonds is 6. The van der Waals surface area contributed by atoms with Gasteiger partial charge in [-0.2, -0.15) is 0 Å². The molecule has 46 heavy (non-hydrogen) atoms. The molecule has 3 atom stereocenters. The molecule has 6 rings (SSSR count). The van der Waals surface area contributed by atoms with E-state index in [2.05, 4.69) is 18.8 Å². The number of esters is 2. The Kier molecular flexibility index (Phi) is 7.59. The summed E-state index contributed by atoms with van der Waals surface area (Å²) in [5.41, 5.74) is 7.41. The van der Waals surface area contributed by atoms with Crippen LogP contribution in [-0.2, 0) is 19.1 Å². The fourth-order valence-electron chi connectivity index (χ4n) is 7.18. The number of carbonyl (C=O) groups excluding carboxylic acids is 2. The zero-order valence-electron chi connectivity index (χ0n) is 27.2. The van der Waals surface area contributed by atoms with Crippen LogP contribution in [0.1, 0.15) is 53.9 Å². The van der Waals surface area contributed by atoms with E-state index in [-0.39, 0.29) is 41.1 Å². The van der Waals surface area contributed by atoms with Crippen LogP contribution in [0, 0.1) is 11.8 Å². The number of fused-ring (bicyclic) bond motifs is 5. The molecule has 5 aliphatic heterocycles. The molecule has 0 aromatic carbocycles. The molecule has 0 aromatic heterocycles. The number of nitrogens with zero attached hydrogens (tertiary/aromatic N) is 3. The van der Waals surface area contributed by atoms with Gasteiger partial charge in [0, 0.05) is 46.4 Å². The minimum Gasteiger partial charge on any atom is -0.507 e. The number of methoxy groups -OCH3 is 2. The second-order valence-electron chi connectivity index (χ2n) is 12.2. The summed E-state index contributed by atoms with van der Waals surface area (Å²) < 4.78 is 10.0. The van der Waals surface area contributed by atoms with Crippen LogP contribution in [0.2, 0.25) is 0 Å². The molecule has 1 saturated heterocycles. The Morgan fingerprint density at radius 1 is 1.02 bits per heavy atom. The fraction of sp³-hybridized carbons (Fsp3) is 0.361. The summed E-state index contributed by atoms with van der Waals surface area (Å²) in [6.07, 6.45) is 8.77. The highest BCUT2D eigenvalue weighted by molar-refractivity contribution is 6.26. The van der Waals surface area contributed by atoms with Crippen LogP contribution >= 0.6 is 0 Å². The van der Waals surface area contributed by atoms with Gasteiger partial charge in [0.1, 0.15) is 0 Å². The molecule has 6 aliphatic rings. The van der Waals surface area contributed by atoms with Gasteiger partial charge in [-0.15, -0.1) is 0 Å². The highest BCUT2D eigenvalue weighted by atomic mass is 16.5. The number of aliphatic imine (C=N–C) groups is 3. The Morgan fingerprint density at radius 3 is 2.37 bits per heavy atom. The minimum atomic E-state index is -2.52. The van der Waals surface area contributed by atoms with Gasteiger partial charge in [0.05, 0.1) is 48.4 Å². The third-order valence-electron chi connectivity index (χ3n) is 9.88. The first-order chi connectivity index (χ1) is 21.9. The van der Waals surface area contributed by atoms with Crippen molar-refractivity contribution < 1.29 is 29.3 Å². The third-order valence-corrected chi connectivity index (χ3v) is 9.88. The number of aliphatic hydroxyl groups is 2. The number of hydrogen-bond donors (Lipinski definition) is 3. The number of hydrogen-bond acceptors (Lipinski definition) is 10. The molecule has 5 heterocycles. The van der Waals surface area contributed by atoms with Gasteiger partial charge in [-0.3, -0.25) is 4.79 Å². The molecule has 0 amide bonds. The van der Waals surface area contributed by atoms with Crippen LogP contribution in [0.15, 0.2) is 119 Å². The average Bonchev–Trinajstić information content (AvgIpc) is 3.76. The Balaban J connectivity index is 1.69. The Bertz CT molecular complexity index is 1890. The normalized spacial score (nSPS) is 26.6. The van der Waals surface area contributed by atoms with E-state index in [0.717, 1.165) is 64.3 Å². The minimum absolute atomic E-state index is 0.0975. The third kappa shape index (κ3) is 4.38. The number of ether oxygens (including phenoxy) is 2. The molecular weight excluding hydrogens is 584 g/mol. The van der Waals surface area contributed by atoms with E-state index < -0.39 is 17.3 Å². The van der Waals surface area contributed by atoms with Crippen LogP contribution in [0.25, 0.3) is 0 Å². The molecule has 1 aliphatic carbocycles. The van der Waals surface area contributed by atoms with Crippen molar-refractivity contribution in [2.24, 2.45) is 26.8 Å². The van der Waals surface area contributed by atoms with Crippen LogP contribution in [0.3, 0.4) is 0 Å². The lowest BCUT2D eigenvalue weighted by Gasteiger charge is -2.26. The Morgan fingerprint density at radius 2 is 1.72 bits per heavy atom. The number of nitrogens with one attached hydrogen (secondary N) is 1. The van der Waals surface area contributed by atoms with E-state index in [0.29, 0.717) is 23.4 Å². The molecule has 3 N–H and O–H groups in total. The first kappa shape index (κ1) is 31.2. The van der Waals surface area contributed by atoms with Crippen LogP contribution in [0.5, 0.6) is 0 Å². The molecule has 10 heteroatoms. The van der Waals surface area contributed by atoms with E-state index in [1.807, 2.05) is 39.0 Å². The first-order valence-electron chi connectivity index (χ1n) is 15.4. The highest BCUT2D eigenvalue weighted by Gasteiger charge is 2.59. The summed E-state index contributed by atoms with van der Waals surface area (Å²) in [5, 5.41) is 27.2. The topological polar surface area (TPSA) is 142 Å². The first-order valence-corrected chi connectivity index (χ1v) is 15.4. The second-order valence-corrected chi connectivity index (χ2v) is 12.2. The molecule has 0 aromatic rings. The van der Waals surface area contributed by atoms with E-state index in [9.17, 15) is 19.8 Å². The number of allylic oxidation sites excluding steroid dienone is 11. The van der Waals surface area contributed by atoms with Crippen molar-refractivity contribution in [1.82, 2.24) is 5.32 Å². The van der Waals surface area contributed by atoms with Gasteiger partial charge >= 0.3 is 11.9 Å². The van der Waals surface area contributed by atoms with Crippen molar-refractivity contribution in [3.63, 3.8) is 0 Å². The van der Waals surface area contributed by atoms with Crippen LogP contribution in [0.4, 0.5) is 0 Å². The van der Waals surface area contributed by atoms with Gasteiger partial charge in [-0.25, -0.2) is 19.8 Å². The van der Waals surface area contributed by atoms with E-state index in [1.54, 1.807) is 13.0 Å². The molecule has 0 spiro atoms. The average molecular weight is 623 g/mol. The summed E-state index contributed by atoms with van der Waals surface area (Å²) in [6.45, 7) is 13.9. The predicted octanol–water partition coefficient (Wildman–Crippen LogP) is 5.31. The summed E-state index contributed by atoms with van der Waals surface area (Å²) in [7, 11) is 2.49. The van der Waals surface area contributed by atoms with Gasteiger partial charge in [0.25, 0.3) is 0 Å². The summed E-state index contributed by atoms with van der Waals surface area (Å²) >= 11 is 0. The molecule has 0 radical (unpaired) electrons. The maximum atomic E-state index is 13.4. The second kappa shape index (κ2) is 11.2. The standard InChI is InChI=1S/C36H38N4O6/c1-9-20-16(3)23-13-25-18(5)22(11-12-29(41)45-7)32(39-25)31-33-30(34(42)36(31,44)35(43)46-8)19(6)26(40-33)15-28-21(10-2)17(4)24(38-28)14-27(20)37-23/h9,13-15,18,22,39,42,44H,1,10-12H2,2-8H3/t18-,22-,36+/m0/s1. The molecular formula is C36H38N4O6. The molecule has 10 nitrogen and oxygen atoms in total. The molecule has 0 unspecified atom stereocenters.